The van der Waals surface area contributed by atoms with Gasteiger partial charge in [0.25, 0.3) is 0 Å². The molecule has 6 aliphatic rings. The molecule has 200 valence electrons. The molecule has 0 aromatic carbocycles. The largest absolute Gasteiger partial charge is 0.462 e. The fourth-order valence-electron chi connectivity index (χ4n) is 11.8. The van der Waals surface area contributed by atoms with Gasteiger partial charge in [-0.25, -0.2) is 0 Å². The average Bonchev–Trinajstić information content (AvgIpc) is 2.99. The van der Waals surface area contributed by atoms with E-state index in [9.17, 15) is 9.59 Å². The summed E-state index contributed by atoms with van der Waals surface area (Å²) >= 11 is 0. The van der Waals surface area contributed by atoms with Crippen molar-refractivity contribution in [1.29, 1.82) is 0 Å². The number of ether oxygens (including phenoxy) is 2. The first-order chi connectivity index (χ1) is 16.7. The van der Waals surface area contributed by atoms with Gasteiger partial charge in [-0.1, -0.05) is 54.5 Å². The lowest BCUT2D eigenvalue weighted by molar-refractivity contribution is -0.247. The molecule has 0 aromatic rings. The quantitative estimate of drug-likeness (QED) is 0.287. The van der Waals surface area contributed by atoms with Crippen LogP contribution in [0.25, 0.3) is 0 Å². The summed E-state index contributed by atoms with van der Waals surface area (Å²) in [7, 11) is 0. The number of rotatable bonds is 1. The van der Waals surface area contributed by atoms with Crippen molar-refractivity contribution in [2.45, 2.75) is 118 Å². The fourth-order valence-corrected chi connectivity index (χ4v) is 11.8. The Labute approximate surface area is 218 Å². The van der Waals surface area contributed by atoms with Crippen LogP contribution in [0.15, 0.2) is 12.2 Å². The van der Waals surface area contributed by atoms with Crippen molar-refractivity contribution in [3.8, 4) is 0 Å². The third kappa shape index (κ3) is 2.58. The maximum Gasteiger partial charge on any atom is 0.313 e. The predicted molar refractivity (Wildman–Crippen MR) is 140 cm³/mol. The van der Waals surface area contributed by atoms with Crippen LogP contribution in [0.5, 0.6) is 0 Å². The van der Waals surface area contributed by atoms with E-state index in [0.29, 0.717) is 23.7 Å². The number of hydrogen-bond donors (Lipinski definition) is 0. The minimum absolute atomic E-state index is 0.0115. The van der Waals surface area contributed by atoms with Crippen LogP contribution in [0.4, 0.5) is 0 Å². The van der Waals surface area contributed by atoms with E-state index < -0.39 is 5.60 Å². The van der Waals surface area contributed by atoms with Gasteiger partial charge in [-0.2, -0.15) is 0 Å². The molecule has 0 amide bonds. The predicted octanol–water partition coefficient (Wildman–Crippen LogP) is 7.11. The Morgan fingerprint density at radius 1 is 0.972 bits per heavy atom. The van der Waals surface area contributed by atoms with Crippen LogP contribution in [0.3, 0.4) is 0 Å². The second kappa shape index (κ2) is 7.20. The molecule has 0 unspecified atom stereocenters. The van der Waals surface area contributed by atoms with Gasteiger partial charge in [-0.3, -0.25) is 9.59 Å². The highest BCUT2D eigenvalue weighted by Crippen LogP contribution is 2.79. The highest BCUT2D eigenvalue weighted by Gasteiger charge is 2.80. The summed E-state index contributed by atoms with van der Waals surface area (Å²) in [6, 6.07) is 0. The Kier molecular flexibility index (Phi) is 5.00. The molecule has 36 heavy (non-hydrogen) atoms. The van der Waals surface area contributed by atoms with E-state index in [1.807, 2.05) is 0 Å². The lowest BCUT2D eigenvalue weighted by Crippen LogP contribution is -2.71. The molecule has 1 spiro atoms. The first kappa shape index (κ1) is 25.0. The third-order valence-corrected chi connectivity index (χ3v) is 14.1. The van der Waals surface area contributed by atoms with Gasteiger partial charge in [-0.05, 0) is 91.9 Å². The van der Waals surface area contributed by atoms with Gasteiger partial charge in [0, 0.05) is 23.7 Å². The lowest BCUT2D eigenvalue weighted by atomic mass is 9.32. The van der Waals surface area contributed by atoms with Crippen molar-refractivity contribution >= 4 is 11.9 Å². The van der Waals surface area contributed by atoms with Gasteiger partial charge in [-0.15, -0.1) is 0 Å². The van der Waals surface area contributed by atoms with Crippen molar-refractivity contribution in [1.82, 2.24) is 0 Å². The SMILES string of the molecule is CC(=O)O[C@H]1CC[C@]2(C)[C@H]3C=C[C@]45OC(=O)[C@@]6(CC[C@@H](C)[C@H](C)[C@H]64)CC[C@@]5(C)[C@]3(C)CC[C@H]2C1(C)C. The van der Waals surface area contributed by atoms with Crippen molar-refractivity contribution in [3.05, 3.63) is 12.2 Å². The molecule has 0 N–H and O–H groups in total. The average molecular weight is 497 g/mol. The Morgan fingerprint density at radius 3 is 2.39 bits per heavy atom. The zero-order valence-electron chi connectivity index (χ0n) is 23.9. The maximum atomic E-state index is 13.7. The minimum Gasteiger partial charge on any atom is -0.462 e. The minimum atomic E-state index is -0.477. The standard InChI is InChI=1S/C32H48O4/c1-19-9-15-31-18-17-30(8)29(7)14-10-22-27(4,5)24(35-21(3)33)12-13-28(22,6)23(29)11-16-32(30,36-26(31)34)25(31)20(19)2/h11,16,19-20,22-25H,9-10,12-15,17-18H2,1-8H3/t19-,20+,22+,23-,24+,25-,28+,29-,30+,31+,32+/m1/s1. The van der Waals surface area contributed by atoms with Crippen LogP contribution in [0.2, 0.25) is 0 Å². The topological polar surface area (TPSA) is 52.6 Å². The van der Waals surface area contributed by atoms with Crippen LogP contribution in [0, 0.1) is 56.7 Å². The normalized spacial score (nSPS) is 56.5. The summed E-state index contributed by atoms with van der Waals surface area (Å²) in [4.78, 5) is 25.6. The van der Waals surface area contributed by atoms with Gasteiger partial charge in [0.15, 0.2) is 0 Å². The van der Waals surface area contributed by atoms with Crippen LogP contribution in [-0.2, 0) is 19.1 Å². The summed E-state index contributed by atoms with van der Waals surface area (Å²) in [5, 5.41) is 0. The van der Waals surface area contributed by atoms with Gasteiger partial charge in [0.2, 0.25) is 0 Å². The lowest BCUT2D eigenvalue weighted by Gasteiger charge is -2.72. The first-order valence-electron chi connectivity index (χ1n) is 14.8. The van der Waals surface area contributed by atoms with Crippen LogP contribution in [0.1, 0.15) is 107 Å². The Hall–Kier alpha value is -1.32. The van der Waals surface area contributed by atoms with Crippen molar-refractivity contribution in [2.24, 2.45) is 56.7 Å². The highest BCUT2D eigenvalue weighted by molar-refractivity contribution is 5.82. The van der Waals surface area contributed by atoms with E-state index in [2.05, 4.69) is 60.6 Å². The molecular formula is C32H48O4. The molecule has 4 saturated carbocycles. The van der Waals surface area contributed by atoms with Crippen LogP contribution >= 0.6 is 0 Å². The number of carbonyl (C=O) groups is 2. The van der Waals surface area contributed by atoms with E-state index in [4.69, 9.17) is 9.47 Å². The maximum absolute atomic E-state index is 13.7. The monoisotopic (exact) mass is 496 g/mol. The molecule has 4 nitrogen and oxygen atoms in total. The second-order valence-electron chi connectivity index (χ2n) is 15.3. The number of allylic oxidation sites excluding steroid dienone is 1. The van der Waals surface area contributed by atoms with Crippen molar-refractivity contribution in [2.75, 3.05) is 0 Å². The van der Waals surface area contributed by atoms with Gasteiger partial charge in [0.05, 0.1) is 5.41 Å². The van der Waals surface area contributed by atoms with E-state index >= 15 is 0 Å². The van der Waals surface area contributed by atoms with Gasteiger partial charge in [0.1, 0.15) is 11.7 Å². The smallest absolute Gasteiger partial charge is 0.313 e. The molecule has 5 aliphatic carbocycles. The summed E-state index contributed by atoms with van der Waals surface area (Å²) in [6.45, 7) is 18.6. The molecule has 1 aliphatic heterocycles. The third-order valence-electron chi connectivity index (χ3n) is 14.1. The fraction of sp³-hybridized carbons (Fsp3) is 0.875. The van der Waals surface area contributed by atoms with Crippen LogP contribution in [-0.4, -0.2) is 23.6 Å². The number of carbonyl (C=O) groups excluding carboxylic acids is 2. The molecule has 1 saturated heterocycles. The zero-order chi connectivity index (χ0) is 26.1. The molecule has 0 aromatic heterocycles. The van der Waals surface area contributed by atoms with E-state index in [1.54, 1.807) is 6.92 Å². The molecule has 2 bridgehead atoms. The van der Waals surface area contributed by atoms with Gasteiger partial charge >= 0.3 is 11.9 Å². The van der Waals surface area contributed by atoms with E-state index in [-0.39, 0.29) is 51.0 Å². The summed E-state index contributed by atoms with van der Waals surface area (Å²) in [5.74, 6) is 2.27. The molecule has 1 heterocycles. The molecule has 6 rings (SSSR count). The number of esters is 2. The summed E-state index contributed by atoms with van der Waals surface area (Å²) in [6.07, 6.45) is 13.4. The number of hydrogen-bond acceptors (Lipinski definition) is 4. The molecular weight excluding hydrogens is 448 g/mol. The molecule has 5 fully saturated rings. The number of fused-ring (bicyclic) bond motifs is 4. The van der Waals surface area contributed by atoms with Crippen molar-refractivity contribution < 1.29 is 19.1 Å². The van der Waals surface area contributed by atoms with E-state index in [1.165, 1.54) is 0 Å². The van der Waals surface area contributed by atoms with Crippen molar-refractivity contribution in [3.63, 3.8) is 0 Å². The molecule has 11 atom stereocenters. The molecule has 0 radical (unpaired) electrons. The molecule has 4 heteroatoms. The van der Waals surface area contributed by atoms with Crippen LogP contribution < -0.4 is 0 Å². The highest BCUT2D eigenvalue weighted by atomic mass is 16.6. The second-order valence-corrected chi connectivity index (χ2v) is 15.3. The Balaban J connectivity index is 1.46. The summed E-state index contributed by atoms with van der Waals surface area (Å²) < 4.78 is 12.6. The Bertz CT molecular complexity index is 1030. The Morgan fingerprint density at radius 2 is 1.69 bits per heavy atom. The van der Waals surface area contributed by atoms with Gasteiger partial charge < -0.3 is 9.47 Å². The first-order valence-corrected chi connectivity index (χ1v) is 14.8. The summed E-state index contributed by atoms with van der Waals surface area (Å²) in [5.41, 5.74) is -0.681. The zero-order valence-corrected chi connectivity index (χ0v) is 23.9. The van der Waals surface area contributed by atoms with E-state index in [0.717, 1.165) is 51.4 Å².